The van der Waals surface area contributed by atoms with Gasteiger partial charge in [-0.2, -0.15) is 0 Å². The molecule has 1 heterocycles. The Kier molecular flexibility index (Phi) is 2.89. The number of benzene rings is 1. The predicted molar refractivity (Wildman–Crippen MR) is 63.8 cm³/mol. The van der Waals surface area contributed by atoms with Crippen molar-refractivity contribution in [3.8, 4) is 0 Å². The molecule has 0 aromatic heterocycles. The topological polar surface area (TPSA) is 3.24 Å². The van der Waals surface area contributed by atoms with Crippen molar-refractivity contribution >= 4 is 22.9 Å². The average Bonchev–Trinajstić information content (AvgIpc) is 2.17. The lowest BCUT2D eigenvalue weighted by atomic mass is 9.95. The molecule has 0 amide bonds. The summed E-state index contributed by atoms with van der Waals surface area (Å²) in [4.78, 5) is 0. The van der Waals surface area contributed by atoms with Crippen molar-refractivity contribution in [1.29, 1.82) is 0 Å². The van der Waals surface area contributed by atoms with E-state index >= 15 is 0 Å². The number of nitrogens with zero attached hydrogens (tertiary/aromatic N) is 1. The molecule has 1 aliphatic rings. The first-order valence-corrected chi connectivity index (χ1v) is 5.77. The number of hydrogen-bond acceptors (Lipinski definition) is 1. The highest BCUT2D eigenvalue weighted by Gasteiger charge is 2.22. The molecule has 0 unspecified atom stereocenters. The van der Waals surface area contributed by atoms with Crippen LogP contribution in [0.5, 0.6) is 0 Å². The summed E-state index contributed by atoms with van der Waals surface area (Å²) in [6, 6.07) is 9.52. The summed E-state index contributed by atoms with van der Waals surface area (Å²) in [7, 11) is 0. The van der Waals surface area contributed by atoms with Gasteiger partial charge in [-0.05, 0) is 24.0 Å². The minimum absolute atomic E-state index is 0.732. The van der Waals surface area contributed by atoms with Gasteiger partial charge in [0.25, 0.3) is 0 Å². The molecule has 0 bridgehead atoms. The molecule has 0 saturated carbocycles. The first-order chi connectivity index (χ1) is 6.31. The van der Waals surface area contributed by atoms with Gasteiger partial charge in [-0.25, -0.2) is 3.11 Å². The van der Waals surface area contributed by atoms with Crippen LogP contribution in [-0.2, 0) is 13.0 Å². The van der Waals surface area contributed by atoms with Gasteiger partial charge in [-0.15, -0.1) is 0 Å². The van der Waals surface area contributed by atoms with Gasteiger partial charge in [0.2, 0.25) is 0 Å². The zero-order valence-electron chi connectivity index (χ0n) is 7.83. The average molecular weight is 287 g/mol. The Morgan fingerprint density at radius 2 is 2.08 bits per heavy atom. The number of rotatable bonds is 1. The molecule has 0 N–H and O–H groups in total. The van der Waals surface area contributed by atoms with Crippen LogP contribution < -0.4 is 0 Å². The van der Waals surface area contributed by atoms with E-state index in [1.807, 2.05) is 0 Å². The SMILES string of the molecule is CC[C@@H]1Cc2ccccc2CN1I. The van der Waals surface area contributed by atoms with Crippen LogP contribution >= 0.6 is 22.9 Å². The van der Waals surface area contributed by atoms with Gasteiger partial charge in [0.15, 0.2) is 0 Å². The summed E-state index contributed by atoms with van der Waals surface area (Å²) in [5.74, 6) is 0. The van der Waals surface area contributed by atoms with Crippen molar-refractivity contribution in [2.45, 2.75) is 32.4 Å². The van der Waals surface area contributed by atoms with Crippen molar-refractivity contribution in [2.24, 2.45) is 0 Å². The Labute approximate surface area is 93.6 Å². The molecule has 70 valence electrons. The van der Waals surface area contributed by atoms with E-state index in [0.717, 1.165) is 12.6 Å². The Bertz CT molecular complexity index is 298. The third-order valence-corrected chi connectivity index (χ3v) is 3.89. The predicted octanol–water partition coefficient (Wildman–Crippen LogP) is 3.17. The molecule has 1 nitrogen and oxygen atoms in total. The summed E-state index contributed by atoms with van der Waals surface area (Å²) in [6.07, 6.45) is 2.47. The Balaban J connectivity index is 2.27. The summed E-state index contributed by atoms with van der Waals surface area (Å²) in [5, 5.41) is 0. The third-order valence-electron chi connectivity index (χ3n) is 2.76. The van der Waals surface area contributed by atoms with Crippen LogP contribution in [0.25, 0.3) is 0 Å². The quantitative estimate of drug-likeness (QED) is 0.566. The Morgan fingerprint density at radius 1 is 1.38 bits per heavy atom. The van der Waals surface area contributed by atoms with Gasteiger partial charge < -0.3 is 0 Å². The zero-order chi connectivity index (χ0) is 9.26. The van der Waals surface area contributed by atoms with E-state index in [1.54, 1.807) is 5.56 Å². The van der Waals surface area contributed by atoms with E-state index in [2.05, 4.69) is 57.2 Å². The fraction of sp³-hybridized carbons (Fsp3) is 0.455. The monoisotopic (exact) mass is 287 g/mol. The van der Waals surface area contributed by atoms with Crippen molar-refractivity contribution in [1.82, 2.24) is 3.11 Å². The molecule has 2 heteroatoms. The fourth-order valence-corrected chi connectivity index (χ4v) is 2.86. The lowest BCUT2D eigenvalue weighted by Crippen LogP contribution is -2.32. The Morgan fingerprint density at radius 3 is 2.77 bits per heavy atom. The first-order valence-electron chi connectivity index (χ1n) is 4.80. The maximum atomic E-state index is 2.45. The summed E-state index contributed by atoms with van der Waals surface area (Å²) in [6.45, 7) is 3.37. The number of fused-ring (bicyclic) bond motifs is 1. The molecule has 0 fully saturated rings. The smallest absolute Gasteiger partial charge is 0.0338 e. The van der Waals surface area contributed by atoms with E-state index in [0.29, 0.717) is 0 Å². The first kappa shape index (κ1) is 9.46. The molecule has 0 radical (unpaired) electrons. The molecule has 1 atom stereocenters. The maximum absolute atomic E-state index is 2.45. The normalized spacial score (nSPS) is 22.8. The minimum Gasteiger partial charge on any atom is -0.240 e. The summed E-state index contributed by atoms with van der Waals surface area (Å²) >= 11 is 2.45. The number of hydrogen-bond donors (Lipinski definition) is 0. The van der Waals surface area contributed by atoms with Crippen LogP contribution in [0.3, 0.4) is 0 Å². The Hall–Kier alpha value is -0.0900. The zero-order valence-corrected chi connectivity index (χ0v) is 9.99. The van der Waals surface area contributed by atoms with Gasteiger partial charge in [0.05, 0.1) is 0 Å². The van der Waals surface area contributed by atoms with E-state index in [9.17, 15) is 0 Å². The molecular weight excluding hydrogens is 273 g/mol. The standard InChI is InChI=1S/C11H14IN/c1-2-11-7-9-5-3-4-6-10(9)8-13(11)12/h3-6,11H,2,7-8H2,1H3/t11-/m1/s1. The van der Waals surface area contributed by atoms with Crippen LogP contribution in [0.15, 0.2) is 24.3 Å². The minimum atomic E-state index is 0.732. The van der Waals surface area contributed by atoms with Crippen molar-refractivity contribution in [3.05, 3.63) is 35.4 Å². The second-order valence-electron chi connectivity index (χ2n) is 3.59. The summed E-state index contributed by atoms with van der Waals surface area (Å²) < 4.78 is 2.43. The van der Waals surface area contributed by atoms with Gasteiger partial charge >= 0.3 is 0 Å². The molecule has 0 saturated heterocycles. The van der Waals surface area contributed by atoms with Crippen molar-refractivity contribution in [2.75, 3.05) is 0 Å². The molecule has 1 aromatic carbocycles. The fourth-order valence-electron chi connectivity index (χ4n) is 1.90. The molecular formula is C11H14IN. The van der Waals surface area contributed by atoms with E-state index < -0.39 is 0 Å². The molecule has 1 aliphatic heterocycles. The van der Waals surface area contributed by atoms with Crippen LogP contribution in [0.4, 0.5) is 0 Å². The second-order valence-corrected chi connectivity index (χ2v) is 4.83. The highest BCUT2D eigenvalue weighted by Crippen LogP contribution is 2.27. The lowest BCUT2D eigenvalue weighted by molar-refractivity contribution is 0.341. The van der Waals surface area contributed by atoms with E-state index in [4.69, 9.17) is 0 Å². The third kappa shape index (κ3) is 1.89. The van der Waals surface area contributed by atoms with Crippen LogP contribution in [0.2, 0.25) is 0 Å². The van der Waals surface area contributed by atoms with Crippen molar-refractivity contribution in [3.63, 3.8) is 0 Å². The molecule has 0 aliphatic carbocycles. The van der Waals surface area contributed by atoms with Gasteiger partial charge in [0, 0.05) is 35.5 Å². The highest BCUT2D eigenvalue weighted by molar-refractivity contribution is 14.1. The highest BCUT2D eigenvalue weighted by atomic mass is 127. The van der Waals surface area contributed by atoms with Gasteiger partial charge in [0.1, 0.15) is 0 Å². The maximum Gasteiger partial charge on any atom is 0.0338 e. The van der Waals surface area contributed by atoms with Gasteiger partial charge in [-0.1, -0.05) is 31.2 Å². The van der Waals surface area contributed by atoms with Crippen molar-refractivity contribution < 1.29 is 0 Å². The summed E-state index contributed by atoms with van der Waals surface area (Å²) in [5.41, 5.74) is 3.05. The largest absolute Gasteiger partial charge is 0.240 e. The van der Waals surface area contributed by atoms with E-state index in [-0.39, 0.29) is 0 Å². The number of halogens is 1. The molecule has 0 spiro atoms. The van der Waals surface area contributed by atoms with E-state index in [1.165, 1.54) is 18.4 Å². The molecule has 1 aromatic rings. The van der Waals surface area contributed by atoms with Crippen LogP contribution in [0, 0.1) is 0 Å². The lowest BCUT2D eigenvalue weighted by Gasteiger charge is -2.31. The second kappa shape index (κ2) is 3.96. The van der Waals surface area contributed by atoms with Crippen LogP contribution in [0.1, 0.15) is 24.5 Å². The van der Waals surface area contributed by atoms with Crippen LogP contribution in [-0.4, -0.2) is 9.16 Å². The van der Waals surface area contributed by atoms with Gasteiger partial charge in [-0.3, -0.25) is 0 Å². The molecule has 2 rings (SSSR count). The molecule has 13 heavy (non-hydrogen) atoms.